The van der Waals surface area contributed by atoms with Crippen LogP contribution in [0.3, 0.4) is 0 Å². The molecule has 6 heteroatoms. The molecule has 1 aromatic carbocycles. The third kappa shape index (κ3) is 2.85. The van der Waals surface area contributed by atoms with Crippen molar-refractivity contribution in [1.82, 2.24) is 9.97 Å². The Balaban J connectivity index is 2.22. The first-order valence-electron chi connectivity index (χ1n) is 4.88. The maximum absolute atomic E-state index is 5.52. The number of hydrogen-bond acceptors (Lipinski definition) is 5. The second kappa shape index (κ2) is 5.01. The average Bonchev–Trinajstić information content (AvgIpc) is 2.35. The number of nitrogens with zero attached hydrogens (tertiary/aromatic N) is 2. The Kier molecular flexibility index (Phi) is 3.43. The molecular formula is C11H11BrN4O. The van der Waals surface area contributed by atoms with Crippen molar-refractivity contribution >= 4 is 33.4 Å². The highest BCUT2D eigenvalue weighted by molar-refractivity contribution is 9.10. The van der Waals surface area contributed by atoms with Crippen LogP contribution in [-0.4, -0.2) is 17.1 Å². The van der Waals surface area contributed by atoms with Crippen LogP contribution in [0.25, 0.3) is 0 Å². The molecular weight excluding hydrogens is 284 g/mol. The molecule has 0 atom stereocenters. The van der Waals surface area contributed by atoms with Gasteiger partial charge in [-0.1, -0.05) is 0 Å². The molecule has 1 aromatic heterocycles. The molecule has 0 fully saturated rings. The first-order chi connectivity index (χ1) is 8.19. The van der Waals surface area contributed by atoms with E-state index in [4.69, 9.17) is 10.5 Å². The van der Waals surface area contributed by atoms with Gasteiger partial charge in [-0.3, -0.25) is 0 Å². The Morgan fingerprint density at radius 2 is 2.00 bits per heavy atom. The first-order valence-corrected chi connectivity index (χ1v) is 5.67. The van der Waals surface area contributed by atoms with Gasteiger partial charge in [0.1, 0.15) is 11.6 Å². The summed E-state index contributed by atoms with van der Waals surface area (Å²) in [5.74, 6) is 1.66. The molecule has 3 N–H and O–H groups in total. The van der Waals surface area contributed by atoms with Crippen molar-refractivity contribution in [1.29, 1.82) is 0 Å². The summed E-state index contributed by atoms with van der Waals surface area (Å²) in [6.45, 7) is 0. The standard InChI is InChI=1S/C11H11BrN4O/c1-17-8-4-2-7(3-5-8)15-10-9(12)6-14-11(13)16-10/h2-6H,1H3,(H3,13,14,15,16). The third-order valence-electron chi connectivity index (χ3n) is 2.12. The summed E-state index contributed by atoms with van der Waals surface area (Å²) in [6.07, 6.45) is 1.61. The van der Waals surface area contributed by atoms with Gasteiger partial charge in [-0.25, -0.2) is 4.98 Å². The number of aromatic nitrogens is 2. The van der Waals surface area contributed by atoms with Crippen LogP contribution < -0.4 is 15.8 Å². The highest BCUT2D eigenvalue weighted by atomic mass is 79.9. The van der Waals surface area contributed by atoms with Crippen molar-refractivity contribution in [3.63, 3.8) is 0 Å². The number of methoxy groups -OCH3 is 1. The Hall–Kier alpha value is -1.82. The van der Waals surface area contributed by atoms with Crippen LogP contribution in [0.2, 0.25) is 0 Å². The molecule has 0 aliphatic heterocycles. The Labute approximate surface area is 107 Å². The van der Waals surface area contributed by atoms with Crippen molar-refractivity contribution < 1.29 is 4.74 Å². The maximum Gasteiger partial charge on any atom is 0.222 e. The summed E-state index contributed by atoms with van der Waals surface area (Å²) >= 11 is 3.35. The van der Waals surface area contributed by atoms with E-state index in [1.807, 2.05) is 24.3 Å². The lowest BCUT2D eigenvalue weighted by Crippen LogP contribution is -2.00. The Morgan fingerprint density at radius 1 is 1.29 bits per heavy atom. The second-order valence-electron chi connectivity index (χ2n) is 3.28. The average molecular weight is 295 g/mol. The molecule has 0 aliphatic carbocycles. The van der Waals surface area contributed by atoms with Gasteiger partial charge in [0.15, 0.2) is 0 Å². The molecule has 0 bridgehead atoms. The molecule has 1 heterocycles. The van der Waals surface area contributed by atoms with Gasteiger partial charge in [0.2, 0.25) is 5.95 Å². The molecule has 88 valence electrons. The van der Waals surface area contributed by atoms with Gasteiger partial charge in [-0.05, 0) is 40.2 Å². The number of nitrogen functional groups attached to an aromatic ring is 1. The summed E-state index contributed by atoms with van der Waals surface area (Å²) in [4.78, 5) is 7.96. The highest BCUT2D eigenvalue weighted by Gasteiger charge is 2.03. The number of ether oxygens (including phenoxy) is 1. The molecule has 0 unspecified atom stereocenters. The molecule has 0 amide bonds. The Bertz CT molecular complexity index is 515. The predicted octanol–water partition coefficient (Wildman–Crippen LogP) is 2.57. The zero-order chi connectivity index (χ0) is 12.3. The fourth-order valence-corrected chi connectivity index (χ4v) is 1.57. The number of halogens is 1. The zero-order valence-electron chi connectivity index (χ0n) is 9.14. The summed E-state index contributed by atoms with van der Waals surface area (Å²) in [6, 6.07) is 7.51. The SMILES string of the molecule is COc1ccc(Nc2nc(N)ncc2Br)cc1. The minimum Gasteiger partial charge on any atom is -0.497 e. The smallest absolute Gasteiger partial charge is 0.222 e. The number of nitrogens with one attached hydrogen (secondary N) is 1. The first kappa shape index (κ1) is 11.7. The normalized spacial score (nSPS) is 10.0. The lowest BCUT2D eigenvalue weighted by molar-refractivity contribution is 0.415. The van der Waals surface area contributed by atoms with Gasteiger partial charge in [0, 0.05) is 11.9 Å². The number of anilines is 3. The van der Waals surface area contributed by atoms with E-state index in [0.29, 0.717) is 5.82 Å². The summed E-state index contributed by atoms with van der Waals surface area (Å²) in [7, 11) is 1.63. The van der Waals surface area contributed by atoms with Crippen LogP contribution in [0.1, 0.15) is 0 Å². The lowest BCUT2D eigenvalue weighted by Gasteiger charge is -2.08. The van der Waals surface area contributed by atoms with Gasteiger partial charge in [0.25, 0.3) is 0 Å². The van der Waals surface area contributed by atoms with E-state index in [2.05, 4.69) is 31.2 Å². The van der Waals surface area contributed by atoms with E-state index in [1.54, 1.807) is 13.3 Å². The van der Waals surface area contributed by atoms with Gasteiger partial charge in [-0.15, -0.1) is 0 Å². The second-order valence-corrected chi connectivity index (χ2v) is 4.13. The number of nitrogens with two attached hydrogens (primary N) is 1. The Morgan fingerprint density at radius 3 is 2.65 bits per heavy atom. The van der Waals surface area contributed by atoms with Crippen LogP contribution in [-0.2, 0) is 0 Å². The molecule has 0 saturated heterocycles. The molecule has 5 nitrogen and oxygen atoms in total. The molecule has 0 spiro atoms. The molecule has 0 aliphatic rings. The molecule has 17 heavy (non-hydrogen) atoms. The minimum absolute atomic E-state index is 0.226. The largest absolute Gasteiger partial charge is 0.497 e. The fraction of sp³-hybridized carbons (Fsp3) is 0.0909. The van der Waals surface area contributed by atoms with E-state index >= 15 is 0 Å². The van der Waals surface area contributed by atoms with Gasteiger partial charge < -0.3 is 15.8 Å². The van der Waals surface area contributed by atoms with Crippen molar-refractivity contribution in [3.05, 3.63) is 34.9 Å². The van der Waals surface area contributed by atoms with Gasteiger partial charge >= 0.3 is 0 Å². The monoisotopic (exact) mass is 294 g/mol. The lowest BCUT2D eigenvalue weighted by atomic mass is 10.3. The quantitative estimate of drug-likeness (QED) is 0.910. The minimum atomic E-state index is 0.226. The van der Waals surface area contributed by atoms with E-state index in [1.165, 1.54) is 0 Å². The molecule has 0 saturated carbocycles. The summed E-state index contributed by atoms with van der Waals surface area (Å²) in [5, 5.41) is 3.13. The molecule has 0 radical (unpaired) electrons. The van der Waals surface area contributed by atoms with Crippen LogP contribution in [0.4, 0.5) is 17.5 Å². The topological polar surface area (TPSA) is 73.1 Å². The highest BCUT2D eigenvalue weighted by Crippen LogP contribution is 2.24. The predicted molar refractivity (Wildman–Crippen MR) is 70.4 cm³/mol. The van der Waals surface area contributed by atoms with E-state index in [-0.39, 0.29) is 5.95 Å². The van der Waals surface area contributed by atoms with E-state index < -0.39 is 0 Å². The van der Waals surface area contributed by atoms with Gasteiger partial charge in [-0.2, -0.15) is 4.98 Å². The summed E-state index contributed by atoms with van der Waals surface area (Å²) in [5.41, 5.74) is 6.42. The van der Waals surface area contributed by atoms with Crippen LogP contribution in [0.5, 0.6) is 5.75 Å². The van der Waals surface area contributed by atoms with Crippen molar-refractivity contribution in [2.45, 2.75) is 0 Å². The van der Waals surface area contributed by atoms with Crippen LogP contribution in [0.15, 0.2) is 34.9 Å². The van der Waals surface area contributed by atoms with Crippen molar-refractivity contribution in [2.24, 2.45) is 0 Å². The van der Waals surface area contributed by atoms with E-state index in [9.17, 15) is 0 Å². The van der Waals surface area contributed by atoms with Crippen molar-refractivity contribution in [2.75, 3.05) is 18.2 Å². The number of benzene rings is 1. The number of rotatable bonds is 3. The van der Waals surface area contributed by atoms with E-state index in [0.717, 1.165) is 15.9 Å². The molecule has 2 aromatic rings. The summed E-state index contributed by atoms with van der Waals surface area (Å²) < 4.78 is 5.83. The van der Waals surface area contributed by atoms with Crippen LogP contribution in [0, 0.1) is 0 Å². The van der Waals surface area contributed by atoms with Gasteiger partial charge in [0.05, 0.1) is 11.6 Å². The zero-order valence-corrected chi connectivity index (χ0v) is 10.7. The van der Waals surface area contributed by atoms with Crippen molar-refractivity contribution in [3.8, 4) is 5.75 Å². The van der Waals surface area contributed by atoms with Crippen LogP contribution >= 0.6 is 15.9 Å². The number of hydrogen-bond donors (Lipinski definition) is 2. The maximum atomic E-state index is 5.52. The fourth-order valence-electron chi connectivity index (χ4n) is 1.28. The third-order valence-corrected chi connectivity index (χ3v) is 2.70. The molecule has 2 rings (SSSR count).